The van der Waals surface area contributed by atoms with Gasteiger partial charge in [0.15, 0.2) is 0 Å². The van der Waals surface area contributed by atoms with Crippen molar-refractivity contribution in [2.45, 2.75) is 13.0 Å². The van der Waals surface area contributed by atoms with Crippen LogP contribution in [0.1, 0.15) is 12.0 Å². The van der Waals surface area contributed by atoms with Gasteiger partial charge in [-0.05, 0) is 51.3 Å². The number of para-hydroxylation sites is 1. The Morgan fingerprint density at radius 1 is 1.22 bits per heavy atom. The summed E-state index contributed by atoms with van der Waals surface area (Å²) in [6.07, 6.45) is 3.13. The van der Waals surface area contributed by atoms with Crippen LogP contribution < -0.4 is 5.32 Å². The fraction of sp³-hybridized carbons (Fsp3) is 0.400. The molecule has 1 N–H and O–H groups in total. The zero-order valence-electron chi connectivity index (χ0n) is 11.2. The van der Waals surface area contributed by atoms with E-state index in [0.717, 1.165) is 25.2 Å². The van der Waals surface area contributed by atoms with Crippen LogP contribution in [0, 0.1) is 0 Å². The van der Waals surface area contributed by atoms with E-state index in [1.54, 1.807) is 0 Å². The molecule has 0 aliphatic rings. The van der Waals surface area contributed by atoms with Crippen molar-refractivity contribution >= 4 is 10.9 Å². The van der Waals surface area contributed by atoms with Gasteiger partial charge in [-0.2, -0.15) is 0 Å². The average molecular weight is 243 g/mol. The van der Waals surface area contributed by atoms with Crippen LogP contribution in [0.2, 0.25) is 0 Å². The summed E-state index contributed by atoms with van der Waals surface area (Å²) in [5.41, 5.74) is 2.31. The van der Waals surface area contributed by atoms with Gasteiger partial charge < -0.3 is 10.2 Å². The number of fused-ring (bicyclic) bond motifs is 1. The maximum absolute atomic E-state index is 4.46. The van der Waals surface area contributed by atoms with Gasteiger partial charge in [0.1, 0.15) is 0 Å². The molecule has 0 amide bonds. The Kier molecular flexibility index (Phi) is 4.67. The third kappa shape index (κ3) is 3.79. The Bertz CT molecular complexity index is 494. The molecule has 2 aromatic rings. The summed E-state index contributed by atoms with van der Waals surface area (Å²) in [6, 6.07) is 10.4. The molecule has 0 radical (unpaired) electrons. The zero-order chi connectivity index (χ0) is 12.8. The summed E-state index contributed by atoms with van der Waals surface area (Å²) in [7, 11) is 4.21. The summed E-state index contributed by atoms with van der Waals surface area (Å²) in [6.45, 7) is 3.07. The van der Waals surface area contributed by atoms with E-state index in [-0.39, 0.29) is 0 Å². The van der Waals surface area contributed by atoms with E-state index in [2.05, 4.69) is 47.5 Å². The molecule has 3 heteroatoms. The van der Waals surface area contributed by atoms with Crippen molar-refractivity contribution in [1.29, 1.82) is 0 Å². The molecule has 0 aliphatic carbocycles. The monoisotopic (exact) mass is 243 g/mol. The van der Waals surface area contributed by atoms with Crippen LogP contribution in [0.3, 0.4) is 0 Å². The largest absolute Gasteiger partial charge is 0.313 e. The van der Waals surface area contributed by atoms with Crippen LogP contribution in [-0.2, 0) is 6.54 Å². The Balaban J connectivity index is 1.84. The van der Waals surface area contributed by atoms with Gasteiger partial charge >= 0.3 is 0 Å². The molecule has 18 heavy (non-hydrogen) atoms. The van der Waals surface area contributed by atoms with E-state index in [1.165, 1.54) is 17.4 Å². The van der Waals surface area contributed by atoms with Crippen LogP contribution in [0.4, 0.5) is 0 Å². The van der Waals surface area contributed by atoms with Crippen LogP contribution >= 0.6 is 0 Å². The van der Waals surface area contributed by atoms with Gasteiger partial charge in [-0.25, -0.2) is 0 Å². The fourth-order valence-corrected chi connectivity index (χ4v) is 1.97. The minimum Gasteiger partial charge on any atom is -0.313 e. The van der Waals surface area contributed by atoms with Crippen molar-refractivity contribution in [1.82, 2.24) is 15.2 Å². The molecule has 1 heterocycles. The number of hydrogen-bond donors (Lipinski definition) is 1. The molecular formula is C15H21N3. The second-order valence-electron chi connectivity index (χ2n) is 4.87. The first-order valence-corrected chi connectivity index (χ1v) is 6.45. The van der Waals surface area contributed by atoms with Gasteiger partial charge in [0.2, 0.25) is 0 Å². The first kappa shape index (κ1) is 13.0. The lowest BCUT2D eigenvalue weighted by molar-refractivity contribution is 0.394. The maximum atomic E-state index is 4.46. The molecule has 1 aromatic heterocycles. The number of nitrogens with one attached hydrogen (secondary N) is 1. The number of nitrogens with zero attached hydrogens (tertiary/aromatic N) is 2. The second-order valence-corrected chi connectivity index (χ2v) is 4.87. The summed E-state index contributed by atoms with van der Waals surface area (Å²) in [5, 5.41) is 4.67. The second kappa shape index (κ2) is 6.47. The summed E-state index contributed by atoms with van der Waals surface area (Å²) >= 11 is 0. The third-order valence-electron chi connectivity index (χ3n) is 2.94. The lowest BCUT2D eigenvalue weighted by Crippen LogP contribution is -2.21. The highest BCUT2D eigenvalue weighted by Gasteiger charge is 1.97. The van der Waals surface area contributed by atoms with Crippen molar-refractivity contribution in [3.05, 3.63) is 42.1 Å². The highest BCUT2D eigenvalue weighted by molar-refractivity contribution is 5.78. The standard InChI is InChI=1S/C15H21N3/c1-18(2)9-5-8-16-11-13-10-14-6-3-4-7-15(14)17-12-13/h3-4,6-7,10,12,16H,5,8-9,11H2,1-2H3. The van der Waals surface area contributed by atoms with Gasteiger partial charge in [-0.1, -0.05) is 18.2 Å². The van der Waals surface area contributed by atoms with E-state index in [4.69, 9.17) is 0 Å². The third-order valence-corrected chi connectivity index (χ3v) is 2.94. The smallest absolute Gasteiger partial charge is 0.0702 e. The van der Waals surface area contributed by atoms with Crippen molar-refractivity contribution in [3.63, 3.8) is 0 Å². The minimum atomic E-state index is 0.894. The molecule has 0 fully saturated rings. The Morgan fingerprint density at radius 2 is 2.06 bits per heavy atom. The van der Waals surface area contributed by atoms with Gasteiger partial charge in [0.05, 0.1) is 5.52 Å². The van der Waals surface area contributed by atoms with E-state index < -0.39 is 0 Å². The molecule has 1 aromatic carbocycles. The number of aromatic nitrogens is 1. The van der Waals surface area contributed by atoms with Crippen molar-refractivity contribution in [2.24, 2.45) is 0 Å². The predicted octanol–water partition coefficient (Wildman–Crippen LogP) is 2.28. The molecule has 3 nitrogen and oxygen atoms in total. The highest BCUT2D eigenvalue weighted by Crippen LogP contribution is 2.12. The van der Waals surface area contributed by atoms with E-state index in [9.17, 15) is 0 Å². The van der Waals surface area contributed by atoms with Gasteiger partial charge in [0.25, 0.3) is 0 Å². The Hall–Kier alpha value is -1.45. The predicted molar refractivity (Wildman–Crippen MR) is 76.6 cm³/mol. The topological polar surface area (TPSA) is 28.2 Å². The number of rotatable bonds is 6. The highest BCUT2D eigenvalue weighted by atomic mass is 15.0. The average Bonchev–Trinajstić information content (AvgIpc) is 2.38. The summed E-state index contributed by atoms with van der Waals surface area (Å²) < 4.78 is 0. The molecule has 0 saturated heterocycles. The number of pyridine rings is 1. The molecule has 0 bridgehead atoms. The van der Waals surface area contributed by atoms with Crippen molar-refractivity contribution in [3.8, 4) is 0 Å². The Labute approximate surface area is 109 Å². The van der Waals surface area contributed by atoms with Crippen LogP contribution in [0.25, 0.3) is 10.9 Å². The normalized spacial score (nSPS) is 11.3. The molecular weight excluding hydrogens is 222 g/mol. The quantitative estimate of drug-likeness (QED) is 0.789. The molecule has 0 spiro atoms. The first-order chi connectivity index (χ1) is 8.75. The maximum Gasteiger partial charge on any atom is 0.0702 e. The Morgan fingerprint density at radius 3 is 2.89 bits per heavy atom. The zero-order valence-corrected chi connectivity index (χ0v) is 11.2. The molecule has 96 valence electrons. The van der Waals surface area contributed by atoms with E-state index >= 15 is 0 Å². The summed E-state index contributed by atoms with van der Waals surface area (Å²) in [4.78, 5) is 6.67. The molecule has 0 atom stereocenters. The molecule has 2 rings (SSSR count). The van der Waals surface area contributed by atoms with Gasteiger partial charge in [-0.15, -0.1) is 0 Å². The van der Waals surface area contributed by atoms with Crippen LogP contribution in [0.5, 0.6) is 0 Å². The molecule has 0 saturated carbocycles. The lowest BCUT2D eigenvalue weighted by atomic mass is 10.1. The molecule has 0 unspecified atom stereocenters. The van der Waals surface area contributed by atoms with Crippen molar-refractivity contribution in [2.75, 3.05) is 27.2 Å². The first-order valence-electron chi connectivity index (χ1n) is 6.45. The van der Waals surface area contributed by atoms with Crippen molar-refractivity contribution < 1.29 is 0 Å². The minimum absolute atomic E-state index is 0.894. The lowest BCUT2D eigenvalue weighted by Gasteiger charge is -2.10. The van der Waals surface area contributed by atoms with Gasteiger partial charge in [0, 0.05) is 18.1 Å². The fourth-order valence-electron chi connectivity index (χ4n) is 1.97. The number of hydrogen-bond acceptors (Lipinski definition) is 3. The van der Waals surface area contributed by atoms with Crippen LogP contribution in [-0.4, -0.2) is 37.1 Å². The SMILES string of the molecule is CN(C)CCCNCc1cnc2ccccc2c1. The van der Waals surface area contributed by atoms with Crippen LogP contribution in [0.15, 0.2) is 36.5 Å². The van der Waals surface area contributed by atoms with E-state index in [0.29, 0.717) is 0 Å². The summed E-state index contributed by atoms with van der Waals surface area (Å²) in [5.74, 6) is 0. The van der Waals surface area contributed by atoms with E-state index in [1.807, 2.05) is 18.3 Å². The molecule has 0 aliphatic heterocycles. The number of benzene rings is 1. The van der Waals surface area contributed by atoms with Gasteiger partial charge in [-0.3, -0.25) is 4.98 Å².